The first-order valence-electron chi connectivity index (χ1n) is 6.64. The number of hydrogen-bond donors (Lipinski definition) is 4. The largest absolute Gasteiger partial charge is 0.508 e. The molecule has 2 aromatic rings. The number of phenolic OH excluding ortho intramolecular Hbond substituents is 2. The van der Waals surface area contributed by atoms with Crippen LogP contribution in [0.3, 0.4) is 0 Å². The minimum atomic E-state index is -1.27. The molecule has 0 saturated heterocycles. The van der Waals surface area contributed by atoms with Gasteiger partial charge in [-0.05, 0) is 0 Å². The van der Waals surface area contributed by atoms with E-state index in [-0.39, 0.29) is 16.5 Å². The monoisotopic (exact) mass is 334 g/mol. The number of hydrogen-bond acceptors (Lipinski definition) is 8. The second-order valence-corrected chi connectivity index (χ2v) is 5.07. The maximum atomic E-state index is 12.2. The maximum absolute atomic E-state index is 12.2. The van der Waals surface area contributed by atoms with E-state index in [0.29, 0.717) is 0 Å². The minimum Gasteiger partial charge on any atom is -0.508 e. The third kappa shape index (κ3) is 2.41. The molecule has 1 atom stereocenters. The summed E-state index contributed by atoms with van der Waals surface area (Å²) in [5.74, 6) is -4.49. The van der Waals surface area contributed by atoms with Crippen molar-refractivity contribution in [3.05, 3.63) is 34.2 Å². The zero-order valence-corrected chi connectivity index (χ0v) is 11.8. The van der Waals surface area contributed by atoms with Crippen LogP contribution in [-0.2, 0) is 14.3 Å². The van der Waals surface area contributed by atoms with Gasteiger partial charge >= 0.3 is 11.9 Å². The lowest BCUT2D eigenvalue weighted by Gasteiger charge is -2.13. The van der Waals surface area contributed by atoms with E-state index in [1.807, 2.05) is 0 Å². The van der Waals surface area contributed by atoms with Crippen LogP contribution in [0.1, 0.15) is 12.2 Å². The molecule has 2 heterocycles. The summed E-state index contributed by atoms with van der Waals surface area (Å²) in [6, 6.07) is 1.93. The Kier molecular flexibility index (Phi) is 3.40. The number of ether oxygens (including phenoxy) is 1. The normalized spacial score (nSPS) is 16.9. The van der Waals surface area contributed by atoms with E-state index in [2.05, 4.69) is 0 Å². The molecule has 0 radical (unpaired) electrons. The molecule has 1 aliphatic heterocycles. The number of fused-ring (bicyclic) bond motifs is 1. The summed E-state index contributed by atoms with van der Waals surface area (Å²) >= 11 is 0. The molecule has 24 heavy (non-hydrogen) atoms. The molecule has 0 saturated carbocycles. The topological polar surface area (TPSA) is 154 Å². The summed E-state index contributed by atoms with van der Waals surface area (Å²) in [4.78, 5) is 34.5. The average Bonchev–Trinajstić information content (AvgIpc) is 2.81. The Morgan fingerprint density at radius 2 is 1.88 bits per heavy atom. The molecule has 1 aromatic carbocycles. The Labute approximate surface area is 132 Å². The third-order valence-corrected chi connectivity index (χ3v) is 3.44. The summed E-state index contributed by atoms with van der Waals surface area (Å²) in [6.45, 7) is 0. The van der Waals surface area contributed by atoms with E-state index < -0.39 is 52.9 Å². The van der Waals surface area contributed by atoms with Crippen LogP contribution in [-0.4, -0.2) is 38.5 Å². The molecule has 3 rings (SSSR count). The lowest BCUT2D eigenvalue weighted by Crippen LogP contribution is -2.17. The lowest BCUT2D eigenvalue weighted by molar-refractivity contribution is -0.144. The van der Waals surface area contributed by atoms with Gasteiger partial charge in [0.25, 0.3) is 0 Å². The van der Waals surface area contributed by atoms with Crippen LogP contribution in [0, 0.1) is 0 Å². The van der Waals surface area contributed by atoms with Gasteiger partial charge in [-0.15, -0.1) is 0 Å². The van der Waals surface area contributed by atoms with Crippen molar-refractivity contribution in [1.82, 2.24) is 0 Å². The number of phenols is 2. The Balaban J connectivity index is 2.25. The maximum Gasteiger partial charge on any atom is 0.331 e. The summed E-state index contributed by atoms with van der Waals surface area (Å²) in [5.41, 5.74) is -1.38. The van der Waals surface area contributed by atoms with Gasteiger partial charge < -0.3 is 29.6 Å². The molecule has 0 aliphatic carbocycles. The first-order chi connectivity index (χ1) is 11.3. The zero-order chi connectivity index (χ0) is 17.6. The van der Waals surface area contributed by atoms with Crippen molar-refractivity contribution in [2.24, 2.45) is 0 Å². The zero-order valence-electron chi connectivity index (χ0n) is 11.8. The van der Waals surface area contributed by atoms with E-state index in [4.69, 9.17) is 14.3 Å². The number of carbonyl (C=O) groups is 2. The van der Waals surface area contributed by atoms with Crippen LogP contribution in [0.25, 0.3) is 16.5 Å². The second kappa shape index (κ2) is 5.30. The van der Waals surface area contributed by atoms with Crippen molar-refractivity contribution in [2.45, 2.75) is 12.5 Å². The molecule has 124 valence electrons. The van der Waals surface area contributed by atoms with Gasteiger partial charge in [0.1, 0.15) is 28.6 Å². The van der Waals surface area contributed by atoms with Gasteiger partial charge in [-0.25, -0.2) is 4.79 Å². The standard InChI is InChI=1S/C15H10O9/c16-5-1-7(17)12-9(2-5)24-15(14(22)13(12)21)6-3-11(20)23-8(6)4-10(18)19/h1-3,8,16-17,22H,4H2,(H,18,19)/t8-/m0/s1. The van der Waals surface area contributed by atoms with Gasteiger partial charge in [0.15, 0.2) is 5.76 Å². The number of carbonyl (C=O) groups excluding carboxylic acids is 1. The van der Waals surface area contributed by atoms with Crippen molar-refractivity contribution in [3.63, 3.8) is 0 Å². The highest BCUT2D eigenvalue weighted by molar-refractivity contribution is 5.99. The predicted molar refractivity (Wildman–Crippen MR) is 77.6 cm³/mol. The number of cyclic esters (lactones) is 1. The van der Waals surface area contributed by atoms with E-state index in [1.54, 1.807) is 0 Å². The van der Waals surface area contributed by atoms with Crippen LogP contribution in [0.4, 0.5) is 0 Å². The third-order valence-electron chi connectivity index (χ3n) is 3.44. The number of rotatable bonds is 3. The van der Waals surface area contributed by atoms with Crippen molar-refractivity contribution < 1.29 is 39.2 Å². The Bertz CT molecular complexity index is 967. The molecule has 0 amide bonds. The highest BCUT2D eigenvalue weighted by Crippen LogP contribution is 2.36. The molecule has 9 heteroatoms. The highest BCUT2D eigenvalue weighted by atomic mass is 16.5. The lowest BCUT2D eigenvalue weighted by atomic mass is 10.0. The Hall–Kier alpha value is -3.49. The van der Waals surface area contributed by atoms with Crippen molar-refractivity contribution >= 4 is 28.5 Å². The van der Waals surface area contributed by atoms with Crippen LogP contribution >= 0.6 is 0 Å². The SMILES string of the molecule is O=C(O)C[C@@H]1OC(=O)C=C1c1oc2cc(O)cc(O)c2c(=O)c1O. The summed E-state index contributed by atoms with van der Waals surface area (Å²) < 4.78 is 10.1. The van der Waals surface area contributed by atoms with Crippen molar-refractivity contribution in [3.8, 4) is 17.2 Å². The van der Waals surface area contributed by atoms with Crippen LogP contribution in [0.5, 0.6) is 17.2 Å². The second-order valence-electron chi connectivity index (χ2n) is 5.07. The first kappa shape index (κ1) is 15.4. The smallest absolute Gasteiger partial charge is 0.331 e. The van der Waals surface area contributed by atoms with Crippen LogP contribution in [0.2, 0.25) is 0 Å². The fraction of sp³-hybridized carbons (Fsp3) is 0.133. The molecular formula is C15H10O9. The summed E-state index contributed by atoms with van der Waals surface area (Å²) in [7, 11) is 0. The predicted octanol–water partition coefficient (Wildman–Crippen LogP) is 0.693. The van der Waals surface area contributed by atoms with E-state index in [0.717, 1.165) is 18.2 Å². The summed E-state index contributed by atoms with van der Waals surface area (Å²) in [6.07, 6.45) is -0.933. The van der Waals surface area contributed by atoms with Gasteiger partial charge in [-0.1, -0.05) is 0 Å². The van der Waals surface area contributed by atoms with Gasteiger partial charge in [0.2, 0.25) is 11.2 Å². The highest BCUT2D eigenvalue weighted by Gasteiger charge is 2.34. The van der Waals surface area contributed by atoms with E-state index in [1.165, 1.54) is 0 Å². The molecule has 4 N–H and O–H groups in total. The Morgan fingerprint density at radius 3 is 2.54 bits per heavy atom. The minimum absolute atomic E-state index is 0.123. The van der Waals surface area contributed by atoms with Crippen LogP contribution < -0.4 is 5.43 Å². The van der Waals surface area contributed by atoms with Gasteiger partial charge in [-0.3, -0.25) is 9.59 Å². The van der Waals surface area contributed by atoms with Gasteiger partial charge in [0, 0.05) is 23.8 Å². The average molecular weight is 334 g/mol. The molecule has 0 unspecified atom stereocenters. The number of carboxylic acids is 1. The fourth-order valence-corrected chi connectivity index (χ4v) is 2.45. The number of aliphatic carboxylic acids is 1. The van der Waals surface area contributed by atoms with E-state index in [9.17, 15) is 29.7 Å². The number of carboxylic acid groups (broad SMARTS) is 1. The Morgan fingerprint density at radius 1 is 1.17 bits per heavy atom. The molecular weight excluding hydrogens is 324 g/mol. The quantitative estimate of drug-likeness (QED) is 0.593. The molecule has 0 bridgehead atoms. The number of esters is 1. The summed E-state index contributed by atoms with van der Waals surface area (Å²) in [5, 5.41) is 37.7. The molecule has 1 aromatic heterocycles. The van der Waals surface area contributed by atoms with Crippen LogP contribution in [0.15, 0.2) is 27.4 Å². The van der Waals surface area contributed by atoms with Gasteiger partial charge in [0.05, 0.1) is 6.42 Å². The van der Waals surface area contributed by atoms with Gasteiger partial charge in [-0.2, -0.15) is 0 Å². The van der Waals surface area contributed by atoms with E-state index >= 15 is 0 Å². The van der Waals surface area contributed by atoms with Crippen molar-refractivity contribution in [1.29, 1.82) is 0 Å². The number of aromatic hydroxyl groups is 3. The molecule has 0 fully saturated rings. The molecule has 0 spiro atoms. The van der Waals surface area contributed by atoms with Crippen molar-refractivity contribution in [2.75, 3.05) is 0 Å². The fourth-order valence-electron chi connectivity index (χ4n) is 2.45. The molecule has 9 nitrogen and oxygen atoms in total. The number of benzene rings is 1. The molecule has 1 aliphatic rings. The first-order valence-corrected chi connectivity index (χ1v) is 6.64.